The summed E-state index contributed by atoms with van der Waals surface area (Å²) in [6.45, 7) is 5.85. The average Bonchev–Trinajstić information content (AvgIpc) is 2.30. The first-order chi connectivity index (χ1) is 8.08. The molecule has 0 saturated carbocycles. The Morgan fingerprint density at radius 3 is 2.33 bits per heavy atom. The fourth-order valence-electron chi connectivity index (χ4n) is 1.65. The zero-order valence-corrected chi connectivity index (χ0v) is 13.0. The third-order valence-electron chi connectivity index (χ3n) is 2.56. The van der Waals surface area contributed by atoms with E-state index in [2.05, 4.69) is 4.99 Å². The molecule has 0 amide bonds. The van der Waals surface area contributed by atoms with Crippen molar-refractivity contribution in [3.63, 3.8) is 0 Å². The summed E-state index contributed by atoms with van der Waals surface area (Å²) in [5.41, 5.74) is 11.8. The topological polar surface area (TPSA) is 67.6 Å². The lowest BCUT2D eigenvalue weighted by atomic mass is 10.2. The van der Waals surface area contributed by atoms with Gasteiger partial charge in [-0.3, -0.25) is 0 Å². The molecule has 0 atom stereocenters. The van der Waals surface area contributed by atoms with Gasteiger partial charge in [0.05, 0.1) is 12.2 Å². The lowest BCUT2D eigenvalue weighted by Crippen LogP contribution is -2.23. The minimum atomic E-state index is -0.239. The van der Waals surface area contributed by atoms with Crippen molar-refractivity contribution in [2.75, 3.05) is 18.0 Å². The molecule has 102 valence electrons. The van der Waals surface area contributed by atoms with Crippen LogP contribution in [-0.4, -0.2) is 19.0 Å². The van der Waals surface area contributed by atoms with Crippen LogP contribution in [0.15, 0.2) is 23.2 Å². The minimum absolute atomic E-state index is 0. The highest BCUT2D eigenvalue weighted by Crippen LogP contribution is 2.20. The first kappa shape index (κ1) is 16.9. The Labute approximate surface area is 124 Å². The molecule has 1 aromatic carbocycles. The van der Waals surface area contributed by atoms with Gasteiger partial charge in [-0.15, -0.1) is 24.0 Å². The summed E-state index contributed by atoms with van der Waals surface area (Å²) in [4.78, 5) is 5.80. The highest BCUT2D eigenvalue weighted by Gasteiger charge is 2.08. The lowest BCUT2D eigenvalue weighted by Gasteiger charge is -2.21. The summed E-state index contributed by atoms with van der Waals surface area (Å²) >= 11 is 0. The molecule has 0 heterocycles. The molecule has 0 aliphatic heterocycles. The van der Waals surface area contributed by atoms with Gasteiger partial charge < -0.3 is 16.4 Å². The van der Waals surface area contributed by atoms with E-state index in [0.29, 0.717) is 12.2 Å². The quantitative estimate of drug-likeness (QED) is 0.476. The van der Waals surface area contributed by atoms with Crippen molar-refractivity contribution in [2.45, 2.75) is 20.4 Å². The standard InChI is InChI=1S/C12H19FN4.HI/c1-3-17(4-2)11-6-5-9(7-10(11)13)8-16-12(14)15;/h5-7H,3-4,8H2,1-2H3,(H4,14,15,16);1H. The van der Waals surface area contributed by atoms with E-state index >= 15 is 0 Å². The van der Waals surface area contributed by atoms with E-state index in [4.69, 9.17) is 11.5 Å². The van der Waals surface area contributed by atoms with E-state index in [9.17, 15) is 4.39 Å². The fourth-order valence-corrected chi connectivity index (χ4v) is 1.65. The smallest absolute Gasteiger partial charge is 0.186 e. The van der Waals surface area contributed by atoms with Crippen LogP contribution < -0.4 is 16.4 Å². The Bertz CT molecular complexity index is 401. The maximum Gasteiger partial charge on any atom is 0.186 e. The van der Waals surface area contributed by atoms with Crippen molar-refractivity contribution in [3.05, 3.63) is 29.6 Å². The molecule has 18 heavy (non-hydrogen) atoms. The molecule has 0 aromatic heterocycles. The number of rotatable bonds is 5. The summed E-state index contributed by atoms with van der Waals surface area (Å²) in [7, 11) is 0. The molecule has 1 rings (SSSR count). The van der Waals surface area contributed by atoms with Crippen LogP contribution in [-0.2, 0) is 6.54 Å². The second kappa shape index (κ2) is 8.12. The van der Waals surface area contributed by atoms with Crippen LogP contribution in [0.5, 0.6) is 0 Å². The van der Waals surface area contributed by atoms with Crippen molar-refractivity contribution in [1.82, 2.24) is 0 Å². The van der Waals surface area contributed by atoms with Gasteiger partial charge in [0.15, 0.2) is 5.96 Å². The molecule has 1 aromatic rings. The van der Waals surface area contributed by atoms with Crippen molar-refractivity contribution >= 4 is 35.6 Å². The van der Waals surface area contributed by atoms with E-state index in [0.717, 1.165) is 18.7 Å². The van der Waals surface area contributed by atoms with Gasteiger partial charge >= 0.3 is 0 Å². The van der Waals surface area contributed by atoms with Crippen LogP contribution in [0.25, 0.3) is 0 Å². The Kier molecular flexibility index (Phi) is 7.65. The van der Waals surface area contributed by atoms with Crippen LogP contribution in [0.2, 0.25) is 0 Å². The number of hydrogen-bond donors (Lipinski definition) is 2. The van der Waals surface area contributed by atoms with E-state index < -0.39 is 0 Å². The van der Waals surface area contributed by atoms with Gasteiger partial charge in [-0.25, -0.2) is 9.38 Å². The molecular formula is C12H20FIN4. The molecule has 0 radical (unpaired) electrons. The Balaban J connectivity index is 0.00000289. The van der Waals surface area contributed by atoms with E-state index in [1.54, 1.807) is 6.07 Å². The molecule has 0 fully saturated rings. The summed E-state index contributed by atoms with van der Waals surface area (Å²) in [6.07, 6.45) is 0. The fraction of sp³-hybridized carbons (Fsp3) is 0.417. The van der Waals surface area contributed by atoms with Crippen molar-refractivity contribution < 1.29 is 4.39 Å². The number of hydrogen-bond acceptors (Lipinski definition) is 2. The summed E-state index contributed by atoms with van der Waals surface area (Å²) in [5.74, 6) is -0.227. The summed E-state index contributed by atoms with van der Waals surface area (Å²) in [5, 5.41) is 0. The van der Waals surface area contributed by atoms with Gasteiger partial charge in [-0.1, -0.05) is 6.07 Å². The molecule has 6 heteroatoms. The Morgan fingerprint density at radius 1 is 1.28 bits per heavy atom. The highest BCUT2D eigenvalue weighted by atomic mass is 127. The molecular weight excluding hydrogens is 346 g/mol. The second-order valence-corrected chi connectivity index (χ2v) is 3.70. The third-order valence-corrected chi connectivity index (χ3v) is 2.56. The Hall–Kier alpha value is -1.05. The predicted molar refractivity (Wildman–Crippen MR) is 84.9 cm³/mol. The summed E-state index contributed by atoms with van der Waals surface area (Å²) in [6, 6.07) is 5.07. The van der Waals surface area contributed by atoms with Gasteiger partial charge in [0.1, 0.15) is 5.82 Å². The molecule has 0 bridgehead atoms. The first-order valence-corrected chi connectivity index (χ1v) is 5.67. The molecule has 4 nitrogen and oxygen atoms in total. The lowest BCUT2D eigenvalue weighted by molar-refractivity contribution is 0.618. The Morgan fingerprint density at radius 2 is 1.89 bits per heavy atom. The number of benzene rings is 1. The van der Waals surface area contributed by atoms with Gasteiger partial charge in [-0.05, 0) is 31.5 Å². The SMILES string of the molecule is CCN(CC)c1ccc(CN=C(N)N)cc1F.I. The molecule has 4 N–H and O–H groups in total. The number of nitrogens with zero attached hydrogens (tertiary/aromatic N) is 2. The van der Waals surface area contributed by atoms with Gasteiger partial charge in [0.25, 0.3) is 0 Å². The van der Waals surface area contributed by atoms with Gasteiger partial charge in [0.2, 0.25) is 0 Å². The maximum absolute atomic E-state index is 13.8. The minimum Gasteiger partial charge on any atom is -0.370 e. The number of halogens is 2. The molecule has 0 aliphatic rings. The van der Waals surface area contributed by atoms with E-state index in [1.807, 2.05) is 24.8 Å². The zero-order valence-electron chi connectivity index (χ0n) is 10.7. The van der Waals surface area contributed by atoms with Crippen LogP contribution in [0.4, 0.5) is 10.1 Å². The largest absolute Gasteiger partial charge is 0.370 e. The third kappa shape index (κ3) is 4.67. The van der Waals surface area contributed by atoms with Crippen molar-refractivity contribution in [1.29, 1.82) is 0 Å². The number of aliphatic imine (C=N–C) groups is 1. The van der Waals surface area contributed by atoms with Crippen LogP contribution in [0, 0.1) is 5.82 Å². The highest BCUT2D eigenvalue weighted by molar-refractivity contribution is 14.0. The molecule has 0 spiro atoms. The molecule has 0 saturated heterocycles. The van der Waals surface area contributed by atoms with E-state index in [-0.39, 0.29) is 35.8 Å². The number of anilines is 1. The van der Waals surface area contributed by atoms with Gasteiger partial charge in [-0.2, -0.15) is 0 Å². The number of nitrogens with two attached hydrogens (primary N) is 2. The second-order valence-electron chi connectivity index (χ2n) is 3.70. The van der Waals surface area contributed by atoms with Gasteiger partial charge in [0, 0.05) is 13.1 Å². The van der Waals surface area contributed by atoms with Crippen molar-refractivity contribution in [3.8, 4) is 0 Å². The van der Waals surface area contributed by atoms with E-state index in [1.165, 1.54) is 6.07 Å². The molecule has 0 aliphatic carbocycles. The molecule has 0 unspecified atom stereocenters. The average molecular weight is 366 g/mol. The summed E-state index contributed by atoms with van der Waals surface area (Å²) < 4.78 is 13.8. The van der Waals surface area contributed by atoms with Crippen LogP contribution in [0.1, 0.15) is 19.4 Å². The number of guanidine groups is 1. The monoisotopic (exact) mass is 366 g/mol. The maximum atomic E-state index is 13.8. The predicted octanol–water partition coefficient (Wildman–Crippen LogP) is 2.06. The van der Waals surface area contributed by atoms with Crippen LogP contribution >= 0.6 is 24.0 Å². The first-order valence-electron chi connectivity index (χ1n) is 5.67. The van der Waals surface area contributed by atoms with Crippen molar-refractivity contribution in [2.24, 2.45) is 16.5 Å². The zero-order chi connectivity index (χ0) is 12.8. The normalized spacial score (nSPS) is 9.50. The van der Waals surface area contributed by atoms with Crippen LogP contribution in [0.3, 0.4) is 0 Å².